The number of carbonyl (C=O) groups excluding carboxylic acids is 2. The maximum Gasteiger partial charge on any atom is 0.312 e. The molecule has 2 aromatic heterocycles. The van der Waals surface area contributed by atoms with Crippen LogP contribution in [0.15, 0.2) is 35.8 Å². The van der Waals surface area contributed by atoms with E-state index in [0.29, 0.717) is 6.54 Å². The second-order valence-electron chi connectivity index (χ2n) is 6.28. The van der Waals surface area contributed by atoms with Gasteiger partial charge in [-0.2, -0.15) is 0 Å². The molecular weight excluding hydrogens is 350 g/mol. The number of nitrogens with zero attached hydrogens (tertiary/aromatic N) is 2. The normalized spacial score (nSPS) is 14.8. The van der Waals surface area contributed by atoms with Gasteiger partial charge in [-0.1, -0.05) is 12.1 Å². The lowest BCUT2D eigenvalue weighted by molar-refractivity contribution is -0.121. The number of nitrogens with two attached hydrogens (primary N) is 1. The lowest BCUT2D eigenvalue weighted by Crippen LogP contribution is -2.36. The number of hydrogen-bond acceptors (Lipinski definition) is 5. The molecule has 3 heterocycles. The van der Waals surface area contributed by atoms with E-state index in [1.54, 1.807) is 6.20 Å². The summed E-state index contributed by atoms with van der Waals surface area (Å²) >= 11 is 1.48. The van der Waals surface area contributed by atoms with Crippen molar-refractivity contribution in [2.24, 2.45) is 5.73 Å². The number of pyridine rings is 1. The lowest BCUT2D eigenvalue weighted by atomic mass is 10.1. The summed E-state index contributed by atoms with van der Waals surface area (Å²) in [6.45, 7) is 2.51. The van der Waals surface area contributed by atoms with E-state index in [1.807, 2.05) is 29.6 Å². The second-order valence-corrected chi connectivity index (χ2v) is 7.26. The Balaban J connectivity index is 1.51. The number of aromatic nitrogens is 1. The van der Waals surface area contributed by atoms with Crippen molar-refractivity contribution in [1.82, 2.24) is 15.6 Å². The fourth-order valence-electron chi connectivity index (χ4n) is 3.00. The van der Waals surface area contributed by atoms with Gasteiger partial charge in [0.25, 0.3) is 0 Å². The number of carbonyl (C=O) groups is 2. The van der Waals surface area contributed by atoms with Crippen LogP contribution in [0.25, 0.3) is 0 Å². The van der Waals surface area contributed by atoms with Crippen LogP contribution in [0.4, 0.5) is 10.6 Å². The standard InChI is InChI=1S/C18H23N5O2S/c19-18(25)22-14(15-4-3-9-26-15)10-17(24)21-12-13-5-6-16(20-11-13)23-7-1-2-8-23/h3-6,9,11,14H,1-2,7-8,10,12H2,(H,21,24)(H3,19,22,25). The van der Waals surface area contributed by atoms with E-state index in [0.717, 1.165) is 29.3 Å². The largest absolute Gasteiger partial charge is 0.357 e. The molecule has 1 aliphatic heterocycles. The maximum absolute atomic E-state index is 12.3. The zero-order chi connectivity index (χ0) is 18.4. The first-order valence-electron chi connectivity index (χ1n) is 8.68. The van der Waals surface area contributed by atoms with E-state index >= 15 is 0 Å². The topological polar surface area (TPSA) is 100 Å². The number of anilines is 1. The molecule has 0 bridgehead atoms. The maximum atomic E-state index is 12.3. The van der Waals surface area contributed by atoms with Crippen molar-refractivity contribution in [2.75, 3.05) is 18.0 Å². The van der Waals surface area contributed by atoms with Gasteiger partial charge in [-0.05, 0) is 35.9 Å². The van der Waals surface area contributed by atoms with Crippen LogP contribution in [0.3, 0.4) is 0 Å². The highest BCUT2D eigenvalue weighted by molar-refractivity contribution is 7.10. The minimum atomic E-state index is -0.641. The molecule has 2 aromatic rings. The van der Waals surface area contributed by atoms with Crippen LogP contribution in [0.5, 0.6) is 0 Å². The predicted molar refractivity (Wildman–Crippen MR) is 102 cm³/mol. The smallest absolute Gasteiger partial charge is 0.312 e. The van der Waals surface area contributed by atoms with Gasteiger partial charge in [-0.3, -0.25) is 4.79 Å². The number of thiophene rings is 1. The van der Waals surface area contributed by atoms with Crippen LogP contribution >= 0.6 is 11.3 Å². The van der Waals surface area contributed by atoms with E-state index in [9.17, 15) is 9.59 Å². The summed E-state index contributed by atoms with van der Waals surface area (Å²) in [5, 5.41) is 7.39. The molecule has 26 heavy (non-hydrogen) atoms. The monoisotopic (exact) mass is 373 g/mol. The predicted octanol–water partition coefficient (Wildman–Crippen LogP) is 2.16. The molecule has 0 saturated carbocycles. The van der Waals surface area contributed by atoms with E-state index in [4.69, 9.17) is 5.73 Å². The molecule has 1 saturated heterocycles. The van der Waals surface area contributed by atoms with E-state index in [2.05, 4.69) is 20.5 Å². The van der Waals surface area contributed by atoms with Gasteiger partial charge < -0.3 is 21.3 Å². The number of primary amides is 1. The molecule has 1 atom stereocenters. The fourth-order valence-corrected chi connectivity index (χ4v) is 3.77. The van der Waals surface area contributed by atoms with Gasteiger partial charge in [-0.15, -0.1) is 11.3 Å². The molecular formula is C18H23N5O2S. The molecule has 1 aliphatic rings. The van der Waals surface area contributed by atoms with Gasteiger partial charge in [0.2, 0.25) is 5.91 Å². The summed E-state index contributed by atoms with van der Waals surface area (Å²) in [5.74, 6) is 0.835. The first-order valence-corrected chi connectivity index (χ1v) is 9.56. The molecule has 0 radical (unpaired) electrons. The SMILES string of the molecule is NC(=O)NC(CC(=O)NCc1ccc(N2CCCC2)nc1)c1cccs1. The highest BCUT2D eigenvalue weighted by atomic mass is 32.1. The zero-order valence-corrected chi connectivity index (χ0v) is 15.3. The Morgan fingerprint density at radius 2 is 2.08 bits per heavy atom. The Morgan fingerprint density at radius 3 is 2.69 bits per heavy atom. The molecule has 1 fully saturated rings. The Bertz CT molecular complexity index is 727. The highest BCUT2D eigenvalue weighted by Gasteiger charge is 2.18. The first-order chi connectivity index (χ1) is 12.6. The van der Waals surface area contributed by atoms with Crippen LogP contribution < -0.4 is 21.3 Å². The number of amides is 3. The van der Waals surface area contributed by atoms with Crippen LogP contribution in [-0.4, -0.2) is 30.0 Å². The average Bonchev–Trinajstić information content (AvgIpc) is 3.33. The Kier molecular flexibility index (Phi) is 6.06. The van der Waals surface area contributed by atoms with Crippen molar-refractivity contribution in [3.63, 3.8) is 0 Å². The van der Waals surface area contributed by atoms with Gasteiger partial charge in [-0.25, -0.2) is 9.78 Å². The average molecular weight is 373 g/mol. The summed E-state index contributed by atoms with van der Waals surface area (Å²) in [5.41, 5.74) is 6.16. The molecule has 3 amide bonds. The number of rotatable bonds is 7. The van der Waals surface area contributed by atoms with E-state index < -0.39 is 12.1 Å². The minimum Gasteiger partial charge on any atom is -0.357 e. The molecule has 0 aliphatic carbocycles. The summed E-state index contributed by atoms with van der Waals surface area (Å²) < 4.78 is 0. The lowest BCUT2D eigenvalue weighted by Gasteiger charge is -2.17. The quantitative estimate of drug-likeness (QED) is 0.692. The zero-order valence-electron chi connectivity index (χ0n) is 14.5. The highest BCUT2D eigenvalue weighted by Crippen LogP contribution is 2.22. The van der Waals surface area contributed by atoms with Crippen molar-refractivity contribution in [3.8, 4) is 0 Å². The van der Waals surface area contributed by atoms with Crippen molar-refractivity contribution < 1.29 is 9.59 Å². The summed E-state index contributed by atoms with van der Waals surface area (Å²) in [6.07, 6.45) is 4.36. The Morgan fingerprint density at radius 1 is 1.27 bits per heavy atom. The molecule has 1 unspecified atom stereocenters. The number of hydrogen-bond donors (Lipinski definition) is 3. The summed E-state index contributed by atoms with van der Waals surface area (Å²) in [6, 6.07) is 6.68. The molecule has 0 spiro atoms. The third-order valence-electron chi connectivity index (χ3n) is 4.32. The van der Waals surface area contributed by atoms with Crippen molar-refractivity contribution in [1.29, 1.82) is 0 Å². The third-order valence-corrected chi connectivity index (χ3v) is 5.31. The van der Waals surface area contributed by atoms with Crippen molar-refractivity contribution in [3.05, 3.63) is 46.3 Å². The van der Waals surface area contributed by atoms with E-state index in [-0.39, 0.29) is 12.3 Å². The second kappa shape index (κ2) is 8.66. The number of urea groups is 1. The van der Waals surface area contributed by atoms with Gasteiger partial charge >= 0.3 is 6.03 Å². The molecule has 8 heteroatoms. The third kappa shape index (κ3) is 4.95. The fraction of sp³-hybridized carbons (Fsp3) is 0.389. The molecule has 0 aromatic carbocycles. The molecule has 138 valence electrons. The van der Waals surface area contributed by atoms with Crippen molar-refractivity contribution in [2.45, 2.75) is 31.8 Å². The van der Waals surface area contributed by atoms with E-state index in [1.165, 1.54) is 24.2 Å². The van der Waals surface area contributed by atoms with Crippen molar-refractivity contribution >= 4 is 29.1 Å². The summed E-state index contributed by atoms with van der Waals surface area (Å²) in [4.78, 5) is 31.1. The van der Waals surface area contributed by atoms with Crippen LogP contribution in [-0.2, 0) is 11.3 Å². The van der Waals surface area contributed by atoms with Crippen LogP contribution in [0.1, 0.15) is 35.7 Å². The van der Waals surface area contributed by atoms with Gasteiger partial charge in [0.15, 0.2) is 0 Å². The summed E-state index contributed by atoms with van der Waals surface area (Å²) in [7, 11) is 0. The van der Waals surface area contributed by atoms with Crippen LogP contribution in [0, 0.1) is 0 Å². The molecule has 4 N–H and O–H groups in total. The molecule has 3 rings (SSSR count). The van der Waals surface area contributed by atoms with Gasteiger partial charge in [0.1, 0.15) is 5.82 Å². The molecule has 7 nitrogen and oxygen atoms in total. The van der Waals surface area contributed by atoms with Crippen LogP contribution in [0.2, 0.25) is 0 Å². The Hall–Kier alpha value is -2.61. The first kappa shape index (κ1) is 18.2. The number of nitrogens with one attached hydrogen (secondary N) is 2. The Labute approximate surface area is 156 Å². The van der Waals surface area contributed by atoms with Gasteiger partial charge in [0.05, 0.1) is 12.5 Å². The minimum absolute atomic E-state index is 0.142. The van der Waals surface area contributed by atoms with Gasteiger partial charge in [0, 0.05) is 30.7 Å².